The maximum absolute atomic E-state index is 11.7. The number of amides is 1. The maximum atomic E-state index is 11.7. The minimum absolute atomic E-state index is 0.0387. The summed E-state index contributed by atoms with van der Waals surface area (Å²) in [6.45, 7) is 4.92. The van der Waals surface area contributed by atoms with E-state index in [0.717, 1.165) is 6.42 Å². The van der Waals surface area contributed by atoms with Crippen LogP contribution in [0.2, 0.25) is 0 Å². The number of aromatic nitrogens is 3. The number of rotatable bonds is 7. The molecule has 0 aliphatic carbocycles. The standard InChI is InChI=1S/C13H19N5O2S/c1-9(2)5-6-15-11(19)8-21-13-17-16-12(18(13)14)10-4-3-7-20-10/h3-4,7,9H,5-6,8,14H2,1-2H3,(H,15,19). The van der Waals surface area contributed by atoms with E-state index in [9.17, 15) is 4.79 Å². The molecule has 2 rings (SSSR count). The van der Waals surface area contributed by atoms with Gasteiger partial charge < -0.3 is 15.6 Å². The predicted octanol–water partition coefficient (Wildman–Crippen LogP) is 1.51. The van der Waals surface area contributed by atoms with Crippen molar-refractivity contribution in [2.24, 2.45) is 5.92 Å². The zero-order chi connectivity index (χ0) is 15.2. The van der Waals surface area contributed by atoms with E-state index < -0.39 is 0 Å². The van der Waals surface area contributed by atoms with Gasteiger partial charge in [0.15, 0.2) is 5.76 Å². The van der Waals surface area contributed by atoms with Gasteiger partial charge in [-0.1, -0.05) is 25.6 Å². The summed E-state index contributed by atoms with van der Waals surface area (Å²) >= 11 is 1.24. The highest BCUT2D eigenvalue weighted by molar-refractivity contribution is 7.99. The van der Waals surface area contributed by atoms with Crippen molar-refractivity contribution >= 4 is 17.7 Å². The van der Waals surface area contributed by atoms with Crippen molar-refractivity contribution in [3.63, 3.8) is 0 Å². The van der Waals surface area contributed by atoms with Crippen LogP contribution in [-0.2, 0) is 4.79 Å². The van der Waals surface area contributed by atoms with E-state index in [2.05, 4.69) is 29.4 Å². The van der Waals surface area contributed by atoms with Crippen LogP contribution >= 0.6 is 11.8 Å². The normalized spacial score (nSPS) is 11.0. The summed E-state index contributed by atoms with van der Waals surface area (Å²) in [7, 11) is 0. The summed E-state index contributed by atoms with van der Waals surface area (Å²) in [4.78, 5) is 11.7. The molecule has 0 fully saturated rings. The van der Waals surface area contributed by atoms with E-state index in [1.54, 1.807) is 18.4 Å². The average Bonchev–Trinajstić information content (AvgIpc) is 3.05. The van der Waals surface area contributed by atoms with Gasteiger partial charge in [0.1, 0.15) is 0 Å². The molecular formula is C13H19N5O2S. The molecule has 0 atom stereocenters. The molecule has 0 saturated heterocycles. The fourth-order valence-electron chi connectivity index (χ4n) is 1.63. The summed E-state index contributed by atoms with van der Waals surface area (Å²) in [5, 5.41) is 11.3. The molecule has 8 heteroatoms. The Morgan fingerprint density at radius 1 is 1.52 bits per heavy atom. The SMILES string of the molecule is CC(C)CCNC(=O)CSc1nnc(-c2ccco2)n1N. The first-order valence-corrected chi connectivity index (χ1v) is 7.70. The second-order valence-electron chi connectivity index (χ2n) is 4.97. The lowest BCUT2D eigenvalue weighted by atomic mass is 10.1. The first-order valence-electron chi connectivity index (χ1n) is 6.71. The van der Waals surface area contributed by atoms with Gasteiger partial charge in [-0.25, -0.2) is 4.68 Å². The number of nitrogens with two attached hydrogens (primary N) is 1. The molecule has 0 bridgehead atoms. The third-order valence-corrected chi connectivity index (χ3v) is 3.73. The van der Waals surface area contributed by atoms with Gasteiger partial charge in [0, 0.05) is 6.54 Å². The van der Waals surface area contributed by atoms with Crippen LogP contribution in [0, 0.1) is 5.92 Å². The monoisotopic (exact) mass is 309 g/mol. The van der Waals surface area contributed by atoms with Gasteiger partial charge >= 0.3 is 0 Å². The number of nitrogens with one attached hydrogen (secondary N) is 1. The number of thioether (sulfide) groups is 1. The highest BCUT2D eigenvalue weighted by atomic mass is 32.2. The van der Waals surface area contributed by atoms with Crippen molar-refractivity contribution in [2.45, 2.75) is 25.4 Å². The van der Waals surface area contributed by atoms with Gasteiger partial charge in [-0.05, 0) is 24.5 Å². The Hall–Kier alpha value is -1.96. The summed E-state index contributed by atoms with van der Waals surface area (Å²) in [5.41, 5.74) is 0. The molecule has 2 aromatic rings. The first-order chi connectivity index (χ1) is 10.1. The Morgan fingerprint density at radius 2 is 2.33 bits per heavy atom. The topological polar surface area (TPSA) is 99.0 Å². The third-order valence-electron chi connectivity index (χ3n) is 2.78. The van der Waals surface area contributed by atoms with Crippen LogP contribution in [0.4, 0.5) is 0 Å². The van der Waals surface area contributed by atoms with E-state index in [4.69, 9.17) is 10.3 Å². The quantitative estimate of drug-likeness (QED) is 0.594. The van der Waals surface area contributed by atoms with E-state index in [1.807, 2.05) is 0 Å². The van der Waals surface area contributed by atoms with Crippen LogP contribution in [0.1, 0.15) is 20.3 Å². The Bertz CT molecular complexity index is 579. The minimum Gasteiger partial charge on any atom is -0.461 e. The Morgan fingerprint density at radius 3 is 3.00 bits per heavy atom. The van der Waals surface area contributed by atoms with Crippen LogP contribution < -0.4 is 11.2 Å². The first kappa shape index (κ1) is 15.4. The van der Waals surface area contributed by atoms with Crippen LogP contribution in [0.15, 0.2) is 28.0 Å². The molecule has 2 aromatic heterocycles. The van der Waals surface area contributed by atoms with Crippen molar-refractivity contribution in [1.82, 2.24) is 20.2 Å². The average molecular weight is 309 g/mol. The second kappa shape index (κ2) is 7.16. The molecule has 0 aromatic carbocycles. The number of carbonyl (C=O) groups excluding carboxylic acids is 1. The summed E-state index contributed by atoms with van der Waals surface area (Å²) in [5.74, 6) is 7.66. The highest BCUT2D eigenvalue weighted by Crippen LogP contribution is 2.21. The fourth-order valence-corrected chi connectivity index (χ4v) is 2.32. The molecule has 21 heavy (non-hydrogen) atoms. The molecule has 2 heterocycles. The predicted molar refractivity (Wildman–Crippen MR) is 81.1 cm³/mol. The van der Waals surface area contributed by atoms with E-state index in [-0.39, 0.29) is 11.7 Å². The molecule has 0 saturated carbocycles. The second-order valence-corrected chi connectivity index (χ2v) is 5.92. The Balaban J connectivity index is 1.85. The number of hydrogen-bond donors (Lipinski definition) is 2. The van der Waals surface area contributed by atoms with Gasteiger partial charge in [-0.3, -0.25) is 4.79 Å². The lowest BCUT2D eigenvalue weighted by Crippen LogP contribution is -2.27. The molecule has 0 spiro atoms. The minimum atomic E-state index is -0.0387. The number of carbonyl (C=O) groups is 1. The van der Waals surface area contributed by atoms with Crippen molar-refractivity contribution in [1.29, 1.82) is 0 Å². The number of hydrogen-bond acceptors (Lipinski definition) is 6. The summed E-state index contributed by atoms with van der Waals surface area (Å²) in [6.07, 6.45) is 2.51. The number of nitrogen functional groups attached to an aromatic ring is 1. The highest BCUT2D eigenvalue weighted by Gasteiger charge is 2.15. The lowest BCUT2D eigenvalue weighted by Gasteiger charge is -2.06. The largest absolute Gasteiger partial charge is 0.461 e. The van der Waals surface area contributed by atoms with Crippen LogP contribution in [0.3, 0.4) is 0 Å². The molecule has 114 valence electrons. The molecule has 0 aliphatic rings. The fraction of sp³-hybridized carbons (Fsp3) is 0.462. The van der Waals surface area contributed by atoms with Crippen LogP contribution in [0.25, 0.3) is 11.6 Å². The molecule has 7 nitrogen and oxygen atoms in total. The van der Waals surface area contributed by atoms with Crippen molar-refractivity contribution < 1.29 is 9.21 Å². The van der Waals surface area contributed by atoms with E-state index in [1.165, 1.54) is 16.4 Å². The van der Waals surface area contributed by atoms with Gasteiger partial charge in [0.05, 0.1) is 12.0 Å². The maximum Gasteiger partial charge on any atom is 0.230 e. The van der Waals surface area contributed by atoms with E-state index >= 15 is 0 Å². The smallest absolute Gasteiger partial charge is 0.230 e. The van der Waals surface area contributed by atoms with Gasteiger partial charge in [0.25, 0.3) is 0 Å². The molecule has 1 amide bonds. The van der Waals surface area contributed by atoms with Crippen molar-refractivity contribution in [2.75, 3.05) is 18.1 Å². The molecular weight excluding hydrogens is 290 g/mol. The molecule has 0 aliphatic heterocycles. The lowest BCUT2D eigenvalue weighted by molar-refractivity contribution is -0.118. The zero-order valence-electron chi connectivity index (χ0n) is 12.1. The van der Waals surface area contributed by atoms with Gasteiger partial charge in [-0.2, -0.15) is 0 Å². The van der Waals surface area contributed by atoms with Gasteiger partial charge in [-0.15, -0.1) is 10.2 Å². The van der Waals surface area contributed by atoms with Gasteiger partial charge in [0.2, 0.25) is 16.9 Å². The Kier molecular flexibility index (Phi) is 5.26. The van der Waals surface area contributed by atoms with Crippen LogP contribution in [-0.4, -0.2) is 33.1 Å². The molecule has 0 radical (unpaired) electrons. The molecule has 3 N–H and O–H groups in total. The van der Waals surface area contributed by atoms with Crippen LogP contribution in [0.5, 0.6) is 0 Å². The summed E-state index contributed by atoms with van der Waals surface area (Å²) in [6, 6.07) is 3.50. The number of nitrogens with zero attached hydrogens (tertiary/aromatic N) is 3. The van der Waals surface area contributed by atoms with Crippen molar-refractivity contribution in [3.05, 3.63) is 18.4 Å². The zero-order valence-corrected chi connectivity index (χ0v) is 12.9. The van der Waals surface area contributed by atoms with E-state index in [0.29, 0.717) is 29.2 Å². The Labute approximate surface area is 127 Å². The molecule has 0 unspecified atom stereocenters. The third kappa shape index (κ3) is 4.25. The number of furan rings is 1. The van der Waals surface area contributed by atoms with Crippen molar-refractivity contribution in [3.8, 4) is 11.6 Å². The summed E-state index contributed by atoms with van der Waals surface area (Å²) < 4.78 is 6.55.